The summed E-state index contributed by atoms with van der Waals surface area (Å²) >= 11 is 0. The van der Waals surface area contributed by atoms with Gasteiger partial charge in [-0.15, -0.1) is 0 Å². The Bertz CT molecular complexity index is 1050. The van der Waals surface area contributed by atoms with Crippen LogP contribution in [0.3, 0.4) is 0 Å². The van der Waals surface area contributed by atoms with Gasteiger partial charge in [-0.25, -0.2) is 0 Å². The molecule has 2 heterocycles. The number of rotatable bonds is 4. The average molecular weight is 367 g/mol. The molecule has 1 fully saturated rings. The molecule has 3 aromatic rings. The van der Waals surface area contributed by atoms with Crippen molar-refractivity contribution in [2.24, 2.45) is 0 Å². The lowest BCUT2D eigenvalue weighted by Crippen LogP contribution is -2.46. The molecule has 0 aliphatic carbocycles. The fourth-order valence-corrected chi connectivity index (χ4v) is 3.99. The quantitative estimate of drug-likeness (QED) is 0.658. The average Bonchev–Trinajstić information content (AvgIpc) is 3.04. The largest absolute Gasteiger partial charge is 0.487 e. The number of nitrogens with zero attached hydrogens (tertiary/aromatic N) is 3. The fourth-order valence-electron chi connectivity index (χ4n) is 3.99. The Morgan fingerprint density at radius 3 is 2.46 bits per heavy atom. The van der Waals surface area contributed by atoms with E-state index in [9.17, 15) is 5.26 Å². The maximum Gasteiger partial charge on any atom is 0.149 e. The van der Waals surface area contributed by atoms with E-state index in [1.807, 2.05) is 47.0 Å². The van der Waals surface area contributed by atoms with Crippen LogP contribution in [0.5, 0.6) is 5.75 Å². The van der Waals surface area contributed by atoms with Crippen molar-refractivity contribution < 1.29 is 4.74 Å². The molecule has 0 saturated carbocycles. The second-order valence-electron chi connectivity index (χ2n) is 7.49. The molecule has 0 unspecified atom stereocenters. The van der Waals surface area contributed by atoms with Crippen LogP contribution < -0.4 is 15.1 Å². The minimum atomic E-state index is -0.240. The van der Waals surface area contributed by atoms with Crippen LogP contribution in [-0.4, -0.2) is 31.1 Å². The van der Waals surface area contributed by atoms with E-state index >= 15 is 0 Å². The number of aromatic nitrogens is 1. The van der Waals surface area contributed by atoms with Crippen molar-refractivity contribution in [2.75, 3.05) is 18.0 Å². The van der Waals surface area contributed by atoms with Crippen molar-refractivity contribution in [3.63, 3.8) is 0 Å². The third kappa shape index (κ3) is 3.16. The summed E-state index contributed by atoms with van der Waals surface area (Å²) in [6.07, 6.45) is 3.45. The summed E-state index contributed by atoms with van der Waals surface area (Å²) in [5.41, 5.74) is 3.13. The molecule has 138 valence electrons. The minimum absolute atomic E-state index is 0.240. The predicted molar refractivity (Wildman–Crippen MR) is 115 cm³/mol. The van der Waals surface area contributed by atoms with Crippen LogP contribution in [0.4, 0.5) is 5.69 Å². The zero-order valence-electron chi connectivity index (χ0n) is 16.1. The first-order valence-electron chi connectivity index (χ1n) is 9.50. The van der Waals surface area contributed by atoms with Crippen molar-refractivity contribution in [1.82, 2.24) is 4.57 Å². The highest BCUT2D eigenvalue weighted by molar-refractivity contribution is 6.32. The molecule has 0 bridgehead atoms. The topological polar surface area (TPSA) is 41.2 Å². The predicted octanol–water partition coefficient (Wildman–Crippen LogP) is 3.85. The van der Waals surface area contributed by atoms with Gasteiger partial charge in [0.15, 0.2) is 0 Å². The highest BCUT2D eigenvalue weighted by Crippen LogP contribution is 2.37. The highest BCUT2D eigenvalue weighted by Gasteiger charge is 2.34. The van der Waals surface area contributed by atoms with E-state index in [0.717, 1.165) is 53.7 Å². The second kappa shape index (κ2) is 7.12. The van der Waals surface area contributed by atoms with Crippen LogP contribution in [0.1, 0.15) is 25.5 Å². The number of para-hydroxylation sites is 1. The van der Waals surface area contributed by atoms with E-state index in [0.29, 0.717) is 5.69 Å². The summed E-state index contributed by atoms with van der Waals surface area (Å²) < 4.78 is 8.16. The monoisotopic (exact) mass is 367 g/mol. The Hall–Kier alpha value is -3.13. The Labute approximate surface area is 167 Å². The molecular weight excluding hydrogens is 345 g/mol. The first-order chi connectivity index (χ1) is 13.5. The van der Waals surface area contributed by atoms with Crippen molar-refractivity contribution in [2.45, 2.75) is 25.4 Å². The number of anilines is 1. The zero-order valence-corrected chi connectivity index (χ0v) is 16.1. The molecule has 0 spiro atoms. The summed E-state index contributed by atoms with van der Waals surface area (Å²) in [6.45, 7) is 7.69. The van der Waals surface area contributed by atoms with E-state index in [2.05, 4.69) is 30.5 Å². The van der Waals surface area contributed by atoms with Gasteiger partial charge in [-0.3, -0.25) is 0 Å². The van der Waals surface area contributed by atoms with E-state index in [1.54, 1.807) is 6.20 Å². The highest BCUT2D eigenvalue weighted by atomic mass is 16.5. The van der Waals surface area contributed by atoms with Gasteiger partial charge in [0.1, 0.15) is 31.0 Å². The number of hydrogen-bond donors (Lipinski definition) is 0. The van der Waals surface area contributed by atoms with Gasteiger partial charge in [-0.05, 0) is 25.1 Å². The number of ether oxygens (including phenoxy) is 1. The maximum absolute atomic E-state index is 9.80. The van der Waals surface area contributed by atoms with Gasteiger partial charge < -0.3 is 14.2 Å². The van der Waals surface area contributed by atoms with Gasteiger partial charge in [0.05, 0.1) is 11.2 Å². The van der Waals surface area contributed by atoms with Gasteiger partial charge in [0.2, 0.25) is 0 Å². The lowest BCUT2D eigenvalue weighted by atomic mass is 9.92. The summed E-state index contributed by atoms with van der Waals surface area (Å²) in [5, 5.41) is 10.9. The number of benzene rings is 2. The van der Waals surface area contributed by atoms with E-state index in [1.165, 1.54) is 0 Å². The standard InChI is InChI=1S/C23H22BN3O/c1-3-27-20-7-5-4-6-19(20)22(21(27)16-25)26-14-12-23(2,13-15-26)28-18-10-8-17(24)9-11-18/h3-11H,1,12-15H2,2H3. The van der Waals surface area contributed by atoms with Crippen LogP contribution in [0, 0.1) is 11.3 Å². The van der Waals surface area contributed by atoms with Crippen molar-refractivity contribution in [3.8, 4) is 11.8 Å². The van der Waals surface area contributed by atoms with Crippen LogP contribution in [0.25, 0.3) is 17.1 Å². The number of piperidine rings is 1. The molecule has 2 radical (unpaired) electrons. The van der Waals surface area contributed by atoms with E-state index in [-0.39, 0.29) is 5.60 Å². The molecule has 0 atom stereocenters. The molecule has 1 saturated heterocycles. The summed E-state index contributed by atoms with van der Waals surface area (Å²) in [4.78, 5) is 2.30. The molecule has 1 aliphatic rings. The van der Waals surface area contributed by atoms with Crippen LogP contribution in [0.15, 0.2) is 55.1 Å². The van der Waals surface area contributed by atoms with Gasteiger partial charge in [-0.1, -0.05) is 42.4 Å². The Morgan fingerprint density at radius 1 is 1.14 bits per heavy atom. The fraction of sp³-hybridized carbons (Fsp3) is 0.261. The van der Waals surface area contributed by atoms with Crippen molar-refractivity contribution in [1.29, 1.82) is 5.26 Å². The SMILES string of the molecule is [B]c1ccc(OC2(C)CCN(c3c(C#N)n(C=C)c4ccccc34)CC2)cc1. The smallest absolute Gasteiger partial charge is 0.149 e. The van der Waals surface area contributed by atoms with Crippen LogP contribution in [-0.2, 0) is 0 Å². The molecule has 4 nitrogen and oxygen atoms in total. The number of fused-ring (bicyclic) bond motifs is 1. The summed E-state index contributed by atoms with van der Waals surface area (Å²) in [5.74, 6) is 0.839. The number of hydrogen-bond acceptors (Lipinski definition) is 3. The first-order valence-corrected chi connectivity index (χ1v) is 9.50. The molecule has 2 aromatic carbocycles. The zero-order chi connectivity index (χ0) is 19.7. The van der Waals surface area contributed by atoms with E-state index < -0.39 is 0 Å². The Balaban J connectivity index is 1.60. The maximum atomic E-state index is 9.80. The Kier molecular flexibility index (Phi) is 4.64. The van der Waals surface area contributed by atoms with Gasteiger partial charge in [0.25, 0.3) is 0 Å². The third-order valence-corrected chi connectivity index (χ3v) is 5.55. The number of nitriles is 1. The Morgan fingerprint density at radius 2 is 1.82 bits per heavy atom. The second-order valence-corrected chi connectivity index (χ2v) is 7.49. The molecule has 0 N–H and O–H groups in total. The molecular formula is C23H22BN3O. The van der Waals surface area contributed by atoms with E-state index in [4.69, 9.17) is 12.6 Å². The molecule has 0 amide bonds. The van der Waals surface area contributed by atoms with Gasteiger partial charge in [-0.2, -0.15) is 5.26 Å². The molecule has 1 aliphatic heterocycles. The lowest BCUT2D eigenvalue weighted by molar-refractivity contribution is 0.0622. The summed E-state index contributed by atoms with van der Waals surface area (Å²) in [6, 6.07) is 18.0. The van der Waals surface area contributed by atoms with Gasteiger partial charge >= 0.3 is 0 Å². The van der Waals surface area contributed by atoms with Crippen LogP contribution in [0.2, 0.25) is 0 Å². The summed E-state index contributed by atoms with van der Waals surface area (Å²) in [7, 11) is 5.76. The normalized spacial score (nSPS) is 15.9. The van der Waals surface area contributed by atoms with Crippen molar-refractivity contribution >= 4 is 36.1 Å². The lowest BCUT2D eigenvalue weighted by Gasteiger charge is -2.40. The molecule has 5 heteroatoms. The van der Waals surface area contributed by atoms with Gasteiger partial charge in [0, 0.05) is 37.5 Å². The first kappa shape index (κ1) is 18.2. The molecule has 28 heavy (non-hydrogen) atoms. The molecule has 1 aromatic heterocycles. The van der Waals surface area contributed by atoms with Crippen LogP contribution >= 0.6 is 0 Å². The van der Waals surface area contributed by atoms with Crippen molar-refractivity contribution in [3.05, 3.63) is 60.8 Å². The third-order valence-electron chi connectivity index (χ3n) is 5.55. The molecule has 4 rings (SSSR count). The minimum Gasteiger partial charge on any atom is -0.487 e.